The lowest BCUT2D eigenvalue weighted by atomic mass is 10.1. The van der Waals surface area contributed by atoms with Crippen molar-refractivity contribution in [3.05, 3.63) is 72.1 Å². The third-order valence-electron chi connectivity index (χ3n) is 7.45. The fourth-order valence-electron chi connectivity index (χ4n) is 4.62. The van der Waals surface area contributed by atoms with Crippen LogP contribution in [0.3, 0.4) is 0 Å². The Hall–Kier alpha value is -4.27. The number of aromatic nitrogens is 2. The molecule has 0 unspecified atom stereocenters. The number of unbranched alkanes of at least 4 members (excludes halogenated alkanes) is 10. The molecular formula is C37H48N2O7. The van der Waals surface area contributed by atoms with Crippen LogP contribution in [0.15, 0.2) is 60.9 Å². The number of hydrogen-bond acceptors (Lipinski definition) is 9. The minimum atomic E-state index is -1.03. The molecule has 0 N–H and O–H groups in total. The average molecular weight is 633 g/mol. The molecule has 0 saturated heterocycles. The zero-order valence-electron chi connectivity index (χ0n) is 27.5. The van der Waals surface area contributed by atoms with Gasteiger partial charge >= 0.3 is 17.9 Å². The number of nitrogens with zero attached hydrogens (tertiary/aromatic N) is 2. The Morgan fingerprint density at radius 2 is 1.24 bits per heavy atom. The number of ether oxygens (including phenoxy) is 4. The summed E-state index contributed by atoms with van der Waals surface area (Å²) in [6, 6.07) is 12.8. The summed E-state index contributed by atoms with van der Waals surface area (Å²) in [7, 11) is 0. The van der Waals surface area contributed by atoms with E-state index in [4.69, 9.17) is 18.9 Å². The second kappa shape index (κ2) is 20.7. The summed E-state index contributed by atoms with van der Waals surface area (Å²) < 4.78 is 21.5. The lowest BCUT2D eigenvalue weighted by molar-refractivity contribution is -0.153. The highest BCUT2D eigenvalue weighted by molar-refractivity contribution is 5.93. The zero-order valence-corrected chi connectivity index (χ0v) is 27.5. The summed E-state index contributed by atoms with van der Waals surface area (Å²) in [5.74, 6) is -1.06. The molecule has 0 aliphatic carbocycles. The van der Waals surface area contributed by atoms with Crippen molar-refractivity contribution >= 4 is 17.9 Å². The Labute approximate surface area is 273 Å². The van der Waals surface area contributed by atoms with Crippen LogP contribution >= 0.6 is 0 Å². The van der Waals surface area contributed by atoms with Crippen molar-refractivity contribution in [2.45, 2.75) is 104 Å². The maximum atomic E-state index is 12.7. The van der Waals surface area contributed by atoms with Gasteiger partial charge in [0, 0.05) is 5.56 Å². The highest BCUT2D eigenvalue weighted by atomic mass is 16.6. The number of hydrogen-bond donors (Lipinski definition) is 0. The molecular weight excluding hydrogens is 584 g/mol. The number of esters is 3. The largest absolute Gasteiger partial charge is 0.477 e. The van der Waals surface area contributed by atoms with Crippen LogP contribution in [0.2, 0.25) is 0 Å². The molecule has 0 fully saturated rings. The van der Waals surface area contributed by atoms with Crippen LogP contribution in [0.4, 0.5) is 0 Å². The van der Waals surface area contributed by atoms with Gasteiger partial charge in [-0.2, -0.15) is 0 Å². The van der Waals surface area contributed by atoms with Gasteiger partial charge in [0.1, 0.15) is 5.75 Å². The van der Waals surface area contributed by atoms with Gasteiger partial charge in [0.2, 0.25) is 5.88 Å². The molecule has 0 radical (unpaired) electrons. The molecule has 2 aromatic carbocycles. The van der Waals surface area contributed by atoms with Crippen LogP contribution in [-0.4, -0.2) is 47.2 Å². The van der Waals surface area contributed by atoms with Gasteiger partial charge in [-0.05, 0) is 56.2 Å². The van der Waals surface area contributed by atoms with Crippen LogP contribution < -0.4 is 9.47 Å². The van der Waals surface area contributed by atoms with E-state index in [9.17, 15) is 14.4 Å². The first-order valence-corrected chi connectivity index (χ1v) is 16.7. The smallest absolute Gasteiger partial charge is 0.347 e. The molecule has 0 spiro atoms. The molecule has 248 valence electrons. The molecule has 0 aliphatic rings. The summed E-state index contributed by atoms with van der Waals surface area (Å²) >= 11 is 0. The third kappa shape index (κ3) is 13.0. The Bertz CT molecular complexity index is 1330. The Morgan fingerprint density at radius 1 is 0.652 bits per heavy atom. The van der Waals surface area contributed by atoms with Crippen molar-refractivity contribution in [3.63, 3.8) is 0 Å². The van der Waals surface area contributed by atoms with Crippen LogP contribution in [0.1, 0.15) is 119 Å². The zero-order chi connectivity index (χ0) is 33.0. The van der Waals surface area contributed by atoms with Gasteiger partial charge < -0.3 is 18.9 Å². The van der Waals surface area contributed by atoms with E-state index in [1.54, 1.807) is 36.7 Å². The minimum Gasteiger partial charge on any atom is -0.477 e. The van der Waals surface area contributed by atoms with Crippen LogP contribution in [0.25, 0.3) is 11.3 Å². The van der Waals surface area contributed by atoms with E-state index >= 15 is 0 Å². The van der Waals surface area contributed by atoms with Gasteiger partial charge in [-0.15, -0.1) is 0 Å². The molecule has 1 atom stereocenters. The summed E-state index contributed by atoms with van der Waals surface area (Å²) in [4.78, 5) is 45.9. The molecule has 9 nitrogen and oxygen atoms in total. The van der Waals surface area contributed by atoms with Gasteiger partial charge in [-0.25, -0.2) is 24.4 Å². The highest BCUT2D eigenvalue weighted by Crippen LogP contribution is 2.20. The molecule has 1 aromatic heterocycles. The number of rotatable bonds is 21. The topological polar surface area (TPSA) is 114 Å². The first-order valence-electron chi connectivity index (χ1n) is 16.7. The van der Waals surface area contributed by atoms with E-state index in [2.05, 4.69) is 16.9 Å². The SMILES string of the molecule is CCCCCCCCCCCCOc1cnc(-c2ccc(C(=O)Oc3ccc(C(=O)O[C@@H](C)C(=O)OCCCC)cc3)cc2)cn1. The maximum Gasteiger partial charge on any atom is 0.347 e. The standard InChI is InChI=1S/C37H48N2O7/c1-4-6-8-9-10-11-12-13-14-15-25-43-34-27-38-33(26-39-34)29-16-18-30(19-17-29)37(42)46-32-22-20-31(21-23-32)36(41)45-28(3)35(40)44-24-7-5-2/h16-23,26-28H,4-15,24-25H2,1-3H3/t28-/m0/s1. The van der Waals surface area contributed by atoms with E-state index in [1.807, 2.05) is 6.92 Å². The second-order valence-electron chi connectivity index (χ2n) is 11.3. The first kappa shape index (κ1) is 36.2. The lowest BCUT2D eigenvalue weighted by Gasteiger charge is -2.13. The molecule has 46 heavy (non-hydrogen) atoms. The normalized spacial score (nSPS) is 11.5. The Balaban J connectivity index is 1.38. The Morgan fingerprint density at radius 3 is 1.85 bits per heavy atom. The molecule has 0 aliphatic heterocycles. The van der Waals surface area contributed by atoms with Crippen molar-refractivity contribution in [3.8, 4) is 22.9 Å². The predicted molar refractivity (Wildman–Crippen MR) is 177 cm³/mol. The summed E-state index contributed by atoms with van der Waals surface area (Å²) in [6.45, 7) is 6.61. The summed E-state index contributed by atoms with van der Waals surface area (Å²) in [5.41, 5.74) is 2.04. The second-order valence-corrected chi connectivity index (χ2v) is 11.3. The molecule has 9 heteroatoms. The number of carbonyl (C=O) groups is 3. The van der Waals surface area contributed by atoms with E-state index in [0.29, 0.717) is 23.7 Å². The minimum absolute atomic E-state index is 0.216. The highest BCUT2D eigenvalue weighted by Gasteiger charge is 2.20. The van der Waals surface area contributed by atoms with Gasteiger partial charge in [0.05, 0.1) is 42.4 Å². The summed E-state index contributed by atoms with van der Waals surface area (Å²) in [6.07, 6.45) is 16.6. The van der Waals surface area contributed by atoms with Crippen molar-refractivity contribution in [1.29, 1.82) is 0 Å². The predicted octanol–water partition coefficient (Wildman–Crippen LogP) is 8.55. The molecule has 3 aromatic rings. The average Bonchev–Trinajstić information content (AvgIpc) is 3.08. The van der Waals surface area contributed by atoms with Crippen LogP contribution in [0, 0.1) is 0 Å². The van der Waals surface area contributed by atoms with Crippen molar-refractivity contribution in [2.24, 2.45) is 0 Å². The van der Waals surface area contributed by atoms with Gasteiger partial charge in [-0.1, -0.05) is 90.2 Å². The van der Waals surface area contributed by atoms with Gasteiger partial charge in [0.25, 0.3) is 0 Å². The van der Waals surface area contributed by atoms with Crippen molar-refractivity contribution < 1.29 is 33.3 Å². The fraction of sp³-hybridized carbons (Fsp3) is 0.486. The van der Waals surface area contributed by atoms with Crippen molar-refractivity contribution in [2.75, 3.05) is 13.2 Å². The molecule has 0 saturated carbocycles. The van der Waals surface area contributed by atoms with E-state index < -0.39 is 24.0 Å². The van der Waals surface area contributed by atoms with Crippen molar-refractivity contribution in [1.82, 2.24) is 9.97 Å². The van der Waals surface area contributed by atoms with Gasteiger partial charge in [0.15, 0.2) is 6.10 Å². The van der Waals surface area contributed by atoms with Crippen LogP contribution in [0.5, 0.6) is 11.6 Å². The molecule has 0 amide bonds. The molecule has 3 rings (SSSR count). The quantitative estimate of drug-likeness (QED) is 0.0647. The number of carbonyl (C=O) groups excluding carboxylic acids is 3. The Kier molecular flexibility index (Phi) is 16.3. The summed E-state index contributed by atoms with van der Waals surface area (Å²) in [5, 5.41) is 0. The lowest BCUT2D eigenvalue weighted by Crippen LogP contribution is -2.26. The third-order valence-corrected chi connectivity index (χ3v) is 7.45. The van der Waals surface area contributed by atoms with E-state index in [0.717, 1.165) is 31.2 Å². The maximum absolute atomic E-state index is 12.7. The van der Waals surface area contributed by atoms with Crippen LogP contribution in [-0.2, 0) is 14.3 Å². The molecule has 0 bridgehead atoms. The van der Waals surface area contributed by atoms with E-state index in [-0.39, 0.29) is 17.9 Å². The first-order chi connectivity index (χ1) is 22.4. The number of benzene rings is 2. The monoisotopic (exact) mass is 632 g/mol. The van der Waals surface area contributed by atoms with Gasteiger partial charge in [-0.3, -0.25) is 0 Å². The fourth-order valence-corrected chi connectivity index (χ4v) is 4.62. The van der Waals surface area contributed by atoms with E-state index in [1.165, 1.54) is 82.6 Å². The molecule has 1 heterocycles.